The molecule has 5 unspecified atom stereocenters. The van der Waals surface area contributed by atoms with Crippen molar-refractivity contribution in [3.63, 3.8) is 0 Å². The van der Waals surface area contributed by atoms with Crippen LogP contribution < -0.4 is 0 Å². The van der Waals surface area contributed by atoms with Crippen molar-refractivity contribution in [3.05, 3.63) is 11.6 Å². The summed E-state index contributed by atoms with van der Waals surface area (Å²) in [5, 5.41) is 45.8. The zero-order valence-corrected chi connectivity index (χ0v) is 27.8. The van der Waals surface area contributed by atoms with Gasteiger partial charge in [-0.05, 0) is 118 Å². The minimum atomic E-state index is -0.171. The summed E-state index contributed by atoms with van der Waals surface area (Å²) in [6.07, 6.45) is 11.7. The highest BCUT2D eigenvalue weighted by molar-refractivity contribution is 5.11. The number of allylic oxidation sites excluding steroid dienone is 1. The Morgan fingerprint density at radius 3 is 0.725 bits per heavy atom. The van der Waals surface area contributed by atoms with Gasteiger partial charge in [0.2, 0.25) is 0 Å². The molecule has 0 aromatic rings. The first-order valence-corrected chi connectivity index (χ1v) is 16.6. The van der Waals surface area contributed by atoms with Crippen LogP contribution in [0.2, 0.25) is 0 Å². The van der Waals surface area contributed by atoms with Crippen molar-refractivity contribution < 1.29 is 25.5 Å². The number of hydrogen-bond acceptors (Lipinski definition) is 5. The van der Waals surface area contributed by atoms with Gasteiger partial charge in [0, 0.05) is 0 Å². The van der Waals surface area contributed by atoms with Crippen LogP contribution in [0.3, 0.4) is 0 Å². The first-order valence-electron chi connectivity index (χ1n) is 16.6. The predicted octanol–water partition coefficient (Wildman–Crippen LogP) is 6.99. The van der Waals surface area contributed by atoms with Crippen LogP contribution in [0.15, 0.2) is 11.6 Å². The summed E-state index contributed by atoms with van der Waals surface area (Å²) < 4.78 is 0. The minimum absolute atomic E-state index is 0.00926. The van der Waals surface area contributed by atoms with Gasteiger partial charge >= 0.3 is 0 Å². The monoisotopic (exact) mass is 569 g/mol. The van der Waals surface area contributed by atoms with Crippen molar-refractivity contribution >= 4 is 0 Å². The molecular weight excluding hydrogens is 500 g/mol. The Hall–Kier alpha value is -0.460. The van der Waals surface area contributed by atoms with E-state index >= 15 is 0 Å². The van der Waals surface area contributed by atoms with Gasteiger partial charge in [-0.3, -0.25) is 0 Å². The lowest BCUT2D eigenvalue weighted by atomic mass is 10.1. The maximum Gasteiger partial charge on any atom is 0.0751 e. The quantitative estimate of drug-likeness (QED) is 0.203. The second-order valence-corrected chi connectivity index (χ2v) is 15.2. The molecule has 0 spiro atoms. The zero-order valence-electron chi connectivity index (χ0n) is 27.8. The molecule has 40 heavy (non-hydrogen) atoms. The van der Waals surface area contributed by atoms with Crippen molar-refractivity contribution in [1.29, 1.82) is 0 Å². The smallest absolute Gasteiger partial charge is 0.0751 e. The molecule has 238 valence electrons. The molecule has 5 aliphatic carbocycles. The van der Waals surface area contributed by atoms with Gasteiger partial charge in [0.1, 0.15) is 0 Å². The van der Waals surface area contributed by atoms with E-state index in [1.54, 1.807) is 0 Å². The first-order chi connectivity index (χ1) is 18.5. The standard InChI is InChI=1S/4C7H14O.C7H12O/c5*1-5-3-6(2)7(8)4-5/h4*5-8H,3-4H2,1-2H3;4,6-8H,3H2,1-2H3/t5?,6-,7?;5?,6-,7+;5-,6+,7?;5-,6+,7-;6-,7?/m11001/s1. The van der Waals surface area contributed by atoms with Crippen molar-refractivity contribution in [1.82, 2.24) is 0 Å². The van der Waals surface area contributed by atoms with Crippen LogP contribution in [-0.4, -0.2) is 56.1 Å². The molecule has 5 heteroatoms. The van der Waals surface area contributed by atoms with Crippen LogP contribution >= 0.6 is 0 Å². The Morgan fingerprint density at radius 2 is 0.675 bits per heavy atom. The van der Waals surface area contributed by atoms with E-state index in [0.29, 0.717) is 29.6 Å². The van der Waals surface area contributed by atoms with E-state index in [0.717, 1.165) is 55.8 Å². The van der Waals surface area contributed by atoms with Crippen LogP contribution in [-0.2, 0) is 0 Å². The van der Waals surface area contributed by atoms with Gasteiger partial charge in [-0.15, -0.1) is 0 Å². The van der Waals surface area contributed by atoms with Gasteiger partial charge in [0.25, 0.3) is 0 Å². The first kappa shape index (κ1) is 37.6. The van der Waals surface area contributed by atoms with Crippen molar-refractivity contribution in [2.75, 3.05) is 0 Å². The van der Waals surface area contributed by atoms with Crippen LogP contribution in [0, 0.1) is 53.3 Å². The fourth-order valence-electron chi connectivity index (χ4n) is 7.28. The number of aliphatic hydroxyl groups excluding tert-OH is 5. The van der Waals surface area contributed by atoms with E-state index < -0.39 is 0 Å². The summed E-state index contributed by atoms with van der Waals surface area (Å²) in [5.41, 5.74) is 1.32. The summed E-state index contributed by atoms with van der Waals surface area (Å²) in [7, 11) is 0. The Labute approximate surface area is 247 Å². The molecular formula is C35H68O5. The molecule has 0 radical (unpaired) electrons. The van der Waals surface area contributed by atoms with Crippen molar-refractivity contribution in [2.24, 2.45) is 53.3 Å². The molecule has 0 bridgehead atoms. The van der Waals surface area contributed by atoms with Gasteiger partial charge in [0.05, 0.1) is 30.5 Å². The van der Waals surface area contributed by atoms with Crippen LogP contribution in [0.1, 0.15) is 127 Å². The zero-order chi connectivity index (χ0) is 30.7. The number of rotatable bonds is 0. The highest BCUT2D eigenvalue weighted by Crippen LogP contribution is 2.32. The molecule has 4 saturated carbocycles. The normalized spacial score (nSPS) is 45.6. The second kappa shape index (κ2) is 18.3. The SMILES string of the molecule is CC1=CC(O)[C@H](C)C1.CC1CC(O)[C@H](C)C1.CC1C[C@@H](C)[C@@H](O)C1.C[C@@H]1CC(O)[C@H](C)C1.C[C@H]1C[C@@H](C)[C@@H](O)C1. The molecule has 14 atom stereocenters. The minimum Gasteiger partial charge on any atom is -0.393 e. The molecule has 0 saturated heterocycles. The van der Waals surface area contributed by atoms with E-state index in [4.69, 9.17) is 25.5 Å². The predicted molar refractivity (Wildman–Crippen MR) is 168 cm³/mol. The summed E-state index contributed by atoms with van der Waals surface area (Å²) in [6.45, 7) is 21.4. The fraction of sp³-hybridized carbons (Fsp3) is 0.943. The molecule has 0 aromatic carbocycles. The van der Waals surface area contributed by atoms with Gasteiger partial charge in [-0.25, -0.2) is 0 Å². The van der Waals surface area contributed by atoms with Gasteiger partial charge in [-0.1, -0.05) is 74.0 Å². The van der Waals surface area contributed by atoms with Crippen molar-refractivity contribution in [2.45, 2.75) is 158 Å². The molecule has 4 fully saturated rings. The lowest BCUT2D eigenvalue weighted by Gasteiger charge is -2.04. The molecule has 5 aliphatic rings. The van der Waals surface area contributed by atoms with Crippen LogP contribution in [0.5, 0.6) is 0 Å². The van der Waals surface area contributed by atoms with E-state index in [9.17, 15) is 0 Å². The molecule has 0 amide bonds. The Balaban J connectivity index is 0.000000250. The Kier molecular flexibility index (Phi) is 17.1. The number of aliphatic hydroxyl groups is 5. The van der Waals surface area contributed by atoms with E-state index in [2.05, 4.69) is 69.2 Å². The molecule has 0 heterocycles. The Bertz CT molecular complexity index is 582. The fourth-order valence-corrected chi connectivity index (χ4v) is 7.28. The van der Waals surface area contributed by atoms with E-state index in [-0.39, 0.29) is 30.5 Å². The summed E-state index contributed by atoms with van der Waals surface area (Å²) in [5.74, 6) is 5.64. The van der Waals surface area contributed by atoms with Gasteiger partial charge in [-0.2, -0.15) is 0 Å². The molecule has 5 nitrogen and oxygen atoms in total. The highest BCUT2D eigenvalue weighted by atomic mass is 16.3. The summed E-state index contributed by atoms with van der Waals surface area (Å²) in [6, 6.07) is 0. The highest BCUT2D eigenvalue weighted by Gasteiger charge is 2.28. The molecule has 5 rings (SSSR count). The maximum atomic E-state index is 9.17. The van der Waals surface area contributed by atoms with Crippen molar-refractivity contribution in [3.8, 4) is 0 Å². The molecule has 0 aromatic heterocycles. The molecule has 5 N–H and O–H groups in total. The third-order valence-electron chi connectivity index (χ3n) is 9.98. The molecule has 0 aliphatic heterocycles. The third kappa shape index (κ3) is 14.1. The van der Waals surface area contributed by atoms with E-state index in [1.165, 1.54) is 31.3 Å². The van der Waals surface area contributed by atoms with Crippen LogP contribution in [0.25, 0.3) is 0 Å². The second-order valence-electron chi connectivity index (χ2n) is 15.2. The summed E-state index contributed by atoms with van der Waals surface area (Å²) in [4.78, 5) is 0. The van der Waals surface area contributed by atoms with E-state index in [1.807, 2.05) is 6.08 Å². The maximum absolute atomic E-state index is 9.17. The largest absolute Gasteiger partial charge is 0.393 e. The number of hydrogen-bond donors (Lipinski definition) is 5. The third-order valence-corrected chi connectivity index (χ3v) is 9.98. The average Bonchev–Trinajstić information content (AvgIpc) is 3.56. The lowest BCUT2D eigenvalue weighted by molar-refractivity contribution is 0.139. The summed E-state index contributed by atoms with van der Waals surface area (Å²) >= 11 is 0. The van der Waals surface area contributed by atoms with Gasteiger partial charge < -0.3 is 25.5 Å². The average molecular weight is 569 g/mol. The Morgan fingerprint density at radius 1 is 0.425 bits per heavy atom. The lowest BCUT2D eigenvalue weighted by Crippen LogP contribution is -2.07. The van der Waals surface area contributed by atoms with Crippen LogP contribution in [0.4, 0.5) is 0 Å². The topological polar surface area (TPSA) is 101 Å². The van der Waals surface area contributed by atoms with Gasteiger partial charge in [0.15, 0.2) is 0 Å².